The minimum absolute atomic E-state index is 0.0773. The summed E-state index contributed by atoms with van der Waals surface area (Å²) >= 11 is 6.41. The van der Waals surface area contributed by atoms with Gasteiger partial charge in [-0.1, -0.05) is 60.1 Å². The molecular formula is C29H20ClF3N2O2. The fourth-order valence-corrected chi connectivity index (χ4v) is 4.04. The molecule has 0 bridgehead atoms. The number of aryl methyl sites for hydroxylation is 1. The smallest absolute Gasteiger partial charge is 0.416 e. The molecule has 4 aromatic carbocycles. The summed E-state index contributed by atoms with van der Waals surface area (Å²) in [6.45, 7) is 2.30. The highest BCUT2D eigenvalue weighted by atomic mass is 35.5. The Morgan fingerprint density at radius 1 is 1.05 bits per heavy atom. The average Bonchev–Trinajstić information content (AvgIpc) is 2.87. The highest BCUT2D eigenvalue weighted by Gasteiger charge is 2.30. The minimum atomic E-state index is -4.55. The van der Waals surface area contributed by atoms with Gasteiger partial charge in [0.2, 0.25) is 0 Å². The van der Waals surface area contributed by atoms with Gasteiger partial charge in [0.15, 0.2) is 0 Å². The van der Waals surface area contributed by atoms with Crippen LogP contribution in [0.3, 0.4) is 0 Å². The SMILES string of the molecule is Cc1ccc2ccccc2c1COc1ccc(/C=C(\C#N)C(=O)Nc2cccc(C(F)(F)F)c2)cc1Cl. The van der Waals surface area contributed by atoms with Crippen molar-refractivity contribution in [1.82, 2.24) is 0 Å². The van der Waals surface area contributed by atoms with Gasteiger partial charge >= 0.3 is 6.18 Å². The number of nitriles is 1. The second-order valence-electron chi connectivity index (χ2n) is 8.26. The van der Waals surface area contributed by atoms with Crippen LogP contribution in [0, 0.1) is 18.3 Å². The monoisotopic (exact) mass is 520 g/mol. The molecule has 0 aliphatic rings. The molecule has 0 unspecified atom stereocenters. The highest BCUT2D eigenvalue weighted by Crippen LogP contribution is 2.31. The van der Waals surface area contributed by atoms with Gasteiger partial charge in [0.25, 0.3) is 5.91 Å². The third-order valence-corrected chi connectivity index (χ3v) is 6.02. The van der Waals surface area contributed by atoms with Crippen molar-refractivity contribution in [2.75, 3.05) is 5.32 Å². The summed E-state index contributed by atoms with van der Waals surface area (Å²) in [7, 11) is 0. The van der Waals surface area contributed by atoms with Crippen molar-refractivity contribution in [3.63, 3.8) is 0 Å². The van der Waals surface area contributed by atoms with E-state index in [1.165, 1.54) is 18.2 Å². The van der Waals surface area contributed by atoms with Crippen LogP contribution < -0.4 is 10.1 Å². The van der Waals surface area contributed by atoms with Gasteiger partial charge in [-0.15, -0.1) is 0 Å². The summed E-state index contributed by atoms with van der Waals surface area (Å²) in [5.41, 5.74) is 1.29. The number of hydrogen-bond acceptors (Lipinski definition) is 3. The third kappa shape index (κ3) is 6.11. The van der Waals surface area contributed by atoms with E-state index in [1.54, 1.807) is 24.3 Å². The zero-order valence-electron chi connectivity index (χ0n) is 19.6. The van der Waals surface area contributed by atoms with Crippen LogP contribution in [0.5, 0.6) is 5.75 Å². The molecule has 0 atom stereocenters. The zero-order chi connectivity index (χ0) is 26.6. The summed E-state index contributed by atoms with van der Waals surface area (Å²) in [6.07, 6.45) is -3.25. The molecule has 8 heteroatoms. The van der Waals surface area contributed by atoms with Gasteiger partial charge in [-0.3, -0.25) is 4.79 Å². The number of alkyl halides is 3. The molecule has 1 amide bonds. The van der Waals surface area contributed by atoms with E-state index >= 15 is 0 Å². The Morgan fingerprint density at radius 3 is 2.57 bits per heavy atom. The predicted molar refractivity (Wildman–Crippen MR) is 138 cm³/mol. The number of anilines is 1. The lowest BCUT2D eigenvalue weighted by Crippen LogP contribution is -2.14. The topological polar surface area (TPSA) is 62.1 Å². The first-order valence-electron chi connectivity index (χ1n) is 11.2. The number of carbonyl (C=O) groups is 1. The van der Waals surface area contributed by atoms with Gasteiger partial charge in [0.1, 0.15) is 24.0 Å². The first-order valence-corrected chi connectivity index (χ1v) is 11.5. The van der Waals surface area contributed by atoms with E-state index < -0.39 is 17.6 Å². The Balaban J connectivity index is 1.50. The number of fused-ring (bicyclic) bond motifs is 1. The van der Waals surface area contributed by atoms with Gasteiger partial charge in [-0.25, -0.2) is 0 Å². The number of rotatable bonds is 6. The molecule has 0 saturated carbocycles. The zero-order valence-corrected chi connectivity index (χ0v) is 20.3. The molecule has 0 aliphatic carbocycles. The number of hydrogen-bond donors (Lipinski definition) is 1. The van der Waals surface area contributed by atoms with Gasteiger partial charge in [-0.05, 0) is 65.2 Å². The minimum Gasteiger partial charge on any atom is -0.487 e. The van der Waals surface area contributed by atoms with Crippen molar-refractivity contribution in [1.29, 1.82) is 5.26 Å². The highest BCUT2D eigenvalue weighted by molar-refractivity contribution is 6.32. The van der Waals surface area contributed by atoms with Crippen molar-refractivity contribution >= 4 is 40.0 Å². The van der Waals surface area contributed by atoms with Crippen LogP contribution in [0.2, 0.25) is 5.02 Å². The number of carbonyl (C=O) groups excluding carboxylic acids is 1. The molecule has 0 radical (unpaired) electrons. The van der Waals surface area contributed by atoms with Crippen LogP contribution in [0.1, 0.15) is 22.3 Å². The molecule has 4 rings (SSSR count). The maximum absolute atomic E-state index is 12.9. The number of halogens is 4. The van der Waals surface area contributed by atoms with Crippen LogP contribution in [-0.2, 0) is 17.6 Å². The van der Waals surface area contributed by atoms with Crippen molar-refractivity contribution in [2.24, 2.45) is 0 Å². The van der Waals surface area contributed by atoms with E-state index in [0.717, 1.165) is 34.0 Å². The average molecular weight is 521 g/mol. The fraction of sp³-hybridized carbons (Fsp3) is 0.103. The van der Waals surface area contributed by atoms with Gasteiger partial charge < -0.3 is 10.1 Å². The Kier molecular flexibility index (Phi) is 7.51. The number of ether oxygens (including phenoxy) is 1. The van der Waals surface area contributed by atoms with Crippen LogP contribution in [0.25, 0.3) is 16.8 Å². The normalized spacial score (nSPS) is 11.7. The second kappa shape index (κ2) is 10.8. The number of nitrogens with one attached hydrogen (secondary N) is 1. The lowest BCUT2D eigenvalue weighted by atomic mass is 10.0. The van der Waals surface area contributed by atoms with Gasteiger partial charge in [0, 0.05) is 11.3 Å². The lowest BCUT2D eigenvalue weighted by Gasteiger charge is -2.13. The van der Waals surface area contributed by atoms with E-state index in [2.05, 4.69) is 11.4 Å². The largest absolute Gasteiger partial charge is 0.487 e. The van der Waals surface area contributed by atoms with Crippen molar-refractivity contribution in [3.05, 3.63) is 112 Å². The van der Waals surface area contributed by atoms with E-state index in [-0.39, 0.29) is 16.3 Å². The second-order valence-corrected chi connectivity index (χ2v) is 8.67. The van der Waals surface area contributed by atoms with Crippen LogP contribution in [0.15, 0.2) is 84.4 Å². The van der Waals surface area contributed by atoms with Gasteiger partial charge in [-0.2, -0.15) is 18.4 Å². The molecule has 186 valence electrons. The Hall–Kier alpha value is -4.28. The lowest BCUT2D eigenvalue weighted by molar-refractivity contribution is -0.137. The molecule has 1 N–H and O–H groups in total. The molecule has 37 heavy (non-hydrogen) atoms. The molecule has 0 saturated heterocycles. The molecule has 4 aromatic rings. The van der Waals surface area contributed by atoms with Crippen molar-refractivity contribution in [2.45, 2.75) is 19.7 Å². The molecule has 0 aromatic heterocycles. The van der Waals surface area contributed by atoms with E-state index in [0.29, 0.717) is 17.9 Å². The van der Waals surface area contributed by atoms with Crippen LogP contribution >= 0.6 is 11.6 Å². The van der Waals surface area contributed by atoms with E-state index in [1.807, 2.05) is 37.3 Å². The summed E-state index contributed by atoms with van der Waals surface area (Å²) in [5.74, 6) is -0.414. The molecule has 0 aliphatic heterocycles. The molecular weight excluding hydrogens is 501 g/mol. The maximum atomic E-state index is 12.9. The van der Waals surface area contributed by atoms with E-state index in [4.69, 9.17) is 16.3 Å². The molecule has 4 nitrogen and oxygen atoms in total. The molecule has 0 heterocycles. The Bertz CT molecular complexity index is 1560. The van der Waals surface area contributed by atoms with Crippen LogP contribution in [0.4, 0.5) is 18.9 Å². The predicted octanol–water partition coefficient (Wildman–Crippen LogP) is 7.95. The molecule has 0 fully saturated rings. The molecule has 0 spiro atoms. The quantitative estimate of drug-likeness (QED) is 0.207. The Labute approximate surface area is 216 Å². The number of amides is 1. The van der Waals surface area contributed by atoms with Crippen LogP contribution in [-0.4, -0.2) is 5.91 Å². The van der Waals surface area contributed by atoms with Crippen molar-refractivity contribution in [3.8, 4) is 11.8 Å². The maximum Gasteiger partial charge on any atom is 0.416 e. The Morgan fingerprint density at radius 2 is 1.84 bits per heavy atom. The summed E-state index contributed by atoms with van der Waals surface area (Å²) in [6, 6.07) is 22.8. The first kappa shape index (κ1) is 25.8. The summed E-state index contributed by atoms with van der Waals surface area (Å²) in [5, 5.41) is 14.2. The fourth-order valence-electron chi connectivity index (χ4n) is 3.80. The standard InChI is InChI=1S/C29H20ClF3N2O2/c1-18-9-11-20-5-2-3-8-24(20)25(18)17-37-27-12-10-19(14-26(27)30)13-21(16-34)28(36)35-23-7-4-6-22(15-23)29(31,32)33/h2-15H,17H2,1H3,(H,35,36)/b21-13+. The number of benzene rings is 4. The summed E-state index contributed by atoms with van der Waals surface area (Å²) in [4.78, 5) is 12.5. The van der Waals surface area contributed by atoms with E-state index in [9.17, 15) is 23.2 Å². The van der Waals surface area contributed by atoms with Gasteiger partial charge in [0.05, 0.1) is 10.6 Å². The first-order chi connectivity index (χ1) is 17.7. The third-order valence-electron chi connectivity index (χ3n) is 5.73. The number of nitrogens with zero attached hydrogens (tertiary/aromatic N) is 1. The van der Waals surface area contributed by atoms with Crippen molar-refractivity contribution < 1.29 is 22.7 Å². The summed E-state index contributed by atoms with van der Waals surface area (Å²) < 4.78 is 44.8.